The molecule has 6 nitrogen and oxygen atoms in total. The van der Waals surface area contributed by atoms with Crippen LogP contribution in [-0.2, 0) is 9.53 Å². The lowest BCUT2D eigenvalue weighted by molar-refractivity contribution is -0.139. The molecule has 0 radical (unpaired) electrons. The van der Waals surface area contributed by atoms with Crippen LogP contribution in [0.1, 0.15) is 18.4 Å². The minimum Gasteiger partial charge on any atom is -0.378 e. The third-order valence-electron chi connectivity index (χ3n) is 5.49. The molecule has 6 heteroatoms. The molecule has 0 bridgehead atoms. The molecule has 2 saturated heterocycles. The third kappa shape index (κ3) is 3.95. The highest BCUT2D eigenvalue weighted by Gasteiger charge is 2.30. The number of benzene rings is 1. The Labute approximate surface area is 160 Å². The highest BCUT2D eigenvalue weighted by molar-refractivity contribution is 5.80. The number of hydrogen-bond donors (Lipinski definition) is 0. The van der Waals surface area contributed by atoms with Crippen LogP contribution in [0.2, 0.25) is 0 Å². The van der Waals surface area contributed by atoms with Crippen LogP contribution >= 0.6 is 0 Å². The van der Waals surface area contributed by atoms with Gasteiger partial charge in [0.05, 0.1) is 24.8 Å². The SMILES string of the molecule is Cc1ccccc1-c1ccc(N2CCCC(C(=O)N3CCOCC3)C2)nn1. The predicted molar refractivity (Wildman–Crippen MR) is 105 cm³/mol. The molecule has 1 aromatic carbocycles. The molecule has 1 amide bonds. The molecule has 1 unspecified atom stereocenters. The van der Waals surface area contributed by atoms with E-state index in [2.05, 4.69) is 34.2 Å². The number of aromatic nitrogens is 2. The summed E-state index contributed by atoms with van der Waals surface area (Å²) in [7, 11) is 0. The van der Waals surface area contributed by atoms with Crippen molar-refractivity contribution in [3.8, 4) is 11.3 Å². The van der Waals surface area contributed by atoms with E-state index in [0.29, 0.717) is 32.8 Å². The molecule has 2 aromatic rings. The van der Waals surface area contributed by atoms with Crippen molar-refractivity contribution in [2.24, 2.45) is 5.92 Å². The summed E-state index contributed by atoms with van der Waals surface area (Å²) in [5.41, 5.74) is 3.18. The lowest BCUT2D eigenvalue weighted by Gasteiger charge is -2.36. The first-order valence-electron chi connectivity index (χ1n) is 9.73. The van der Waals surface area contributed by atoms with Crippen molar-refractivity contribution < 1.29 is 9.53 Å². The number of nitrogens with zero attached hydrogens (tertiary/aromatic N) is 4. The van der Waals surface area contributed by atoms with Gasteiger partial charge in [-0.15, -0.1) is 10.2 Å². The topological polar surface area (TPSA) is 58.6 Å². The van der Waals surface area contributed by atoms with Gasteiger partial charge in [0.1, 0.15) is 0 Å². The van der Waals surface area contributed by atoms with E-state index in [1.54, 1.807) is 0 Å². The summed E-state index contributed by atoms with van der Waals surface area (Å²) in [6.45, 7) is 6.43. The second kappa shape index (κ2) is 8.05. The van der Waals surface area contributed by atoms with Gasteiger partial charge in [0, 0.05) is 31.7 Å². The van der Waals surface area contributed by atoms with Gasteiger partial charge in [-0.3, -0.25) is 4.79 Å². The molecule has 2 aliphatic heterocycles. The van der Waals surface area contributed by atoms with E-state index < -0.39 is 0 Å². The number of piperidine rings is 1. The van der Waals surface area contributed by atoms with Crippen molar-refractivity contribution in [3.05, 3.63) is 42.0 Å². The van der Waals surface area contributed by atoms with Gasteiger partial charge in [-0.1, -0.05) is 24.3 Å². The molecular formula is C21H26N4O2. The summed E-state index contributed by atoms with van der Waals surface area (Å²) in [4.78, 5) is 17.0. The van der Waals surface area contributed by atoms with Gasteiger partial charge in [0.2, 0.25) is 5.91 Å². The monoisotopic (exact) mass is 366 g/mol. The van der Waals surface area contributed by atoms with Gasteiger partial charge in [0.25, 0.3) is 0 Å². The average Bonchev–Trinajstić information content (AvgIpc) is 2.74. The van der Waals surface area contributed by atoms with Crippen molar-refractivity contribution in [2.75, 3.05) is 44.3 Å². The van der Waals surface area contributed by atoms with Gasteiger partial charge >= 0.3 is 0 Å². The quantitative estimate of drug-likeness (QED) is 0.835. The zero-order valence-corrected chi connectivity index (χ0v) is 15.8. The highest BCUT2D eigenvalue weighted by Crippen LogP contribution is 2.25. The highest BCUT2D eigenvalue weighted by atomic mass is 16.5. The van der Waals surface area contributed by atoms with Crippen molar-refractivity contribution >= 4 is 11.7 Å². The average molecular weight is 366 g/mol. The molecule has 1 aromatic heterocycles. The van der Waals surface area contributed by atoms with Crippen LogP contribution in [-0.4, -0.2) is 60.4 Å². The second-order valence-corrected chi connectivity index (χ2v) is 7.31. The number of amides is 1. The van der Waals surface area contributed by atoms with Crippen LogP contribution in [0, 0.1) is 12.8 Å². The zero-order valence-electron chi connectivity index (χ0n) is 15.8. The molecule has 4 rings (SSSR count). The summed E-state index contributed by atoms with van der Waals surface area (Å²) in [5.74, 6) is 1.15. The van der Waals surface area contributed by atoms with Crippen LogP contribution in [0.15, 0.2) is 36.4 Å². The van der Waals surface area contributed by atoms with Gasteiger partial charge in [-0.2, -0.15) is 0 Å². The van der Waals surface area contributed by atoms with E-state index in [4.69, 9.17) is 4.74 Å². The summed E-state index contributed by atoms with van der Waals surface area (Å²) >= 11 is 0. The number of carbonyl (C=O) groups excluding carboxylic acids is 1. The fourth-order valence-electron chi connectivity index (χ4n) is 3.93. The molecule has 27 heavy (non-hydrogen) atoms. The molecule has 2 fully saturated rings. The number of anilines is 1. The summed E-state index contributed by atoms with van der Waals surface area (Å²) in [6.07, 6.45) is 1.95. The molecular weight excluding hydrogens is 340 g/mol. The third-order valence-corrected chi connectivity index (χ3v) is 5.49. The molecule has 1 atom stereocenters. The first kappa shape index (κ1) is 17.9. The molecule has 0 spiro atoms. The van der Waals surface area contributed by atoms with Crippen LogP contribution < -0.4 is 4.90 Å². The Hall–Kier alpha value is -2.47. The van der Waals surface area contributed by atoms with E-state index in [9.17, 15) is 4.79 Å². The Kier molecular flexibility index (Phi) is 5.34. The second-order valence-electron chi connectivity index (χ2n) is 7.31. The van der Waals surface area contributed by atoms with E-state index in [1.165, 1.54) is 5.56 Å². The van der Waals surface area contributed by atoms with Crippen molar-refractivity contribution in [1.82, 2.24) is 15.1 Å². The predicted octanol–water partition coefficient (Wildman–Crippen LogP) is 2.53. The summed E-state index contributed by atoms with van der Waals surface area (Å²) < 4.78 is 5.36. The zero-order chi connectivity index (χ0) is 18.6. The van der Waals surface area contributed by atoms with Crippen LogP contribution in [0.5, 0.6) is 0 Å². The molecule has 3 heterocycles. The fourth-order valence-corrected chi connectivity index (χ4v) is 3.93. The Morgan fingerprint density at radius 3 is 2.63 bits per heavy atom. The number of morpholine rings is 1. The Morgan fingerprint density at radius 1 is 1.07 bits per heavy atom. The van der Waals surface area contributed by atoms with Gasteiger partial charge in [0.15, 0.2) is 5.82 Å². The van der Waals surface area contributed by atoms with Crippen LogP contribution in [0.4, 0.5) is 5.82 Å². The maximum atomic E-state index is 12.8. The van der Waals surface area contributed by atoms with E-state index in [0.717, 1.165) is 36.5 Å². The lowest BCUT2D eigenvalue weighted by atomic mass is 9.96. The minimum atomic E-state index is 0.0368. The van der Waals surface area contributed by atoms with Crippen LogP contribution in [0.3, 0.4) is 0 Å². The summed E-state index contributed by atoms with van der Waals surface area (Å²) in [6, 6.07) is 12.2. The first-order valence-corrected chi connectivity index (χ1v) is 9.73. The summed E-state index contributed by atoms with van der Waals surface area (Å²) in [5, 5.41) is 8.90. The van der Waals surface area contributed by atoms with Crippen LogP contribution in [0.25, 0.3) is 11.3 Å². The fraction of sp³-hybridized carbons (Fsp3) is 0.476. The minimum absolute atomic E-state index is 0.0368. The maximum Gasteiger partial charge on any atom is 0.227 e. The van der Waals surface area contributed by atoms with Gasteiger partial charge in [-0.05, 0) is 37.5 Å². The molecule has 0 N–H and O–H groups in total. The molecule has 2 aliphatic rings. The lowest BCUT2D eigenvalue weighted by Crippen LogP contribution is -2.48. The normalized spacial score (nSPS) is 20.6. The van der Waals surface area contributed by atoms with Gasteiger partial charge < -0.3 is 14.5 Å². The number of hydrogen-bond acceptors (Lipinski definition) is 5. The molecule has 0 saturated carbocycles. The van der Waals surface area contributed by atoms with E-state index >= 15 is 0 Å². The Morgan fingerprint density at radius 2 is 1.89 bits per heavy atom. The number of carbonyl (C=O) groups is 1. The number of aryl methyl sites for hydroxylation is 1. The Bertz CT molecular complexity index is 787. The standard InChI is InChI=1S/C21H26N4O2/c1-16-5-2-3-7-18(16)19-8-9-20(23-22-19)25-10-4-6-17(15-25)21(26)24-11-13-27-14-12-24/h2-3,5,7-9,17H,4,6,10-15H2,1H3. The van der Waals surface area contributed by atoms with Crippen molar-refractivity contribution in [3.63, 3.8) is 0 Å². The molecule has 0 aliphatic carbocycles. The first-order chi connectivity index (χ1) is 13.2. The smallest absolute Gasteiger partial charge is 0.227 e. The maximum absolute atomic E-state index is 12.8. The van der Waals surface area contributed by atoms with E-state index in [1.807, 2.05) is 29.2 Å². The van der Waals surface area contributed by atoms with Gasteiger partial charge in [-0.25, -0.2) is 0 Å². The number of ether oxygens (including phenoxy) is 1. The van der Waals surface area contributed by atoms with Crippen molar-refractivity contribution in [2.45, 2.75) is 19.8 Å². The largest absolute Gasteiger partial charge is 0.378 e. The van der Waals surface area contributed by atoms with E-state index in [-0.39, 0.29) is 11.8 Å². The Balaban J connectivity index is 1.45. The van der Waals surface area contributed by atoms with Crippen molar-refractivity contribution in [1.29, 1.82) is 0 Å². The molecule has 142 valence electrons. The number of rotatable bonds is 3.